The number of fused-ring (bicyclic) bond motifs is 1. The maximum absolute atomic E-state index is 13.2. The highest BCUT2D eigenvalue weighted by Gasteiger charge is 2.36. The number of anilines is 2. The van der Waals surface area contributed by atoms with Gasteiger partial charge in [0.05, 0.1) is 17.0 Å². The van der Waals surface area contributed by atoms with Crippen LogP contribution in [0.3, 0.4) is 0 Å². The predicted octanol–water partition coefficient (Wildman–Crippen LogP) is 6.30. The Labute approximate surface area is 183 Å². The standard InChI is InChI=1S/C23H24F3N3OS/c24-23(25,26)17-10-4-6-12-19(17)27-20(30)15-31-21-16-9-3-5-11-18(16)28-22(29-21)13-7-1-2-8-14-22/h3-6,9-12,28H,1-2,7-8,13-15H2,(H,27,30). The summed E-state index contributed by atoms with van der Waals surface area (Å²) in [5.74, 6) is -0.509. The van der Waals surface area contributed by atoms with Crippen molar-refractivity contribution in [2.75, 3.05) is 16.4 Å². The summed E-state index contributed by atoms with van der Waals surface area (Å²) in [5, 5.41) is 6.78. The lowest BCUT2D eigenvalue weighted by atomic mass is 9.97. The molecule has 1 heterocycles. The van der Waals surface area contributed by atoms with E-state index in [1.165, 1.54) is 42.8 Å². The fourth-order valence-electron chi connectivity index (χ4n) is 4.13. The molecule has 1 saturated carbocycles. The van der Waals surface area contributed by atoms with E-state index in [9.17, 15) is 18.0 Å². The van der Waals surface area contributed by atoms with Crippen LogP contribution in [0.1, 0.15) is 49.7 Å². The van der Waals surface area contributed by atoms with Crippen LogP contribution in [0.5, 0.6) is 0 Å². The number of thioether (sulfide) groups is 1. The normalized spacial score (nSPS) is 17.8. The van der Waals surface area contributed by atoms with Crippen molar-refractivity contribution < 1.29 is 18.0 Å². The van der Waals surface area contributed by atoms with E-state index in [1.54, 1.807) is 0 Å². The van der Waals surface area contributed by atoms with Crippen molar-refractivity contribution in [1.82, 2.24) is 0 Å². The maximum Gasteiger partial charge on any atom is 0.418 e. The number of carbonyl (C=O) groups excluding carboxylic acids is 1. The molecule has 2 aromatic carbocycles. The molecule has 1 aliphatic heterocycles. The smallest absolute Gasteiger partial charge is 0.361 e. The monoisotopic (exact) mass is 447 g/mol. The molecule has 4 nitrogen and oxygen atoms in total. The van der Waals surface area contributed by atoms with Gasteiger partial charge in [-0.2, -0.15) is 13.2 Å². The van der Waals surface area contributed by atoms with E-state index in [0.29, 0.717) is 0 Å². The molecule has 0 radical (unpaired) electrons. The number of hydrogen-bond donors (Lipinski definition) is 2. The molecule has 0 saturated heterocycles. The molecule has 1 aliphatic carbocycles. The molecule has 1 spiro atoms. The van der Waals surface area contributed by atoms with E-state index in [2.05, 4.69) is 10.6 Å². The summed E-state index contributed by atoms with van der Waals surface area (Å²) in [6, 6.07) is 12.9. The van der Waals surface area contributed by atoms with Crippen molar-refractivity contribution in [3.05, 3.63) is 59.7 Å². The Balaban J connectivity index is 1.51. The first-order valence-electron chi connectivity index (χ1n) is 10.4. The third kappa shape index (κ3) is 5.06. The van der Waals surface area contributed by atoms with Gasteiger partial charge >= 0.3 is 6.18 Å². The van der Waals surface area contributed by atoms with Gasteiger partial charge in [-0.05, 0) is 43.9 Å². The molecule has 4 rings (SSSR count). The lowest BCUT2D eigenvalue weighted by molar-refractivity contribution is -0.137. The SMILES string of the molecule is O=C(CSC1=NC2(CCCCCC2)Nc2ccccc21)Nc1ccccc1C(F)(F)F. The number of alkyl halides is 3. The number of amides is 1. The van der Waals surface area contributed by atoms with Gasteiger partial charge in [0.2, 0.25) is 5.91 Å². The number of nitrogens with one attached hydrogen (secondary N) is 2. The zero-order valence-corrected chi connectivity index (χ0v) is 17.8. The fraction of sp³-hybridized carbons (Fsp3) is 0.391. The Hall–Kier alpha value is -2.48. The molecule has 31 heavy (non-hydrogen) atoms. The summed E-state index contributed by atoms with van der Waals surface area (Å²) in [4.78, 5) is 17.5. The summed E-state index contributed by atoms with van der Waals surface area (Å²) >= 11 is 1.27. The van der Waals surface area contributed by atoms with Gasteiger partial charge in [0.15, 0.2) is 0 Å². The first kappa shape index (κ1) is 21.7. The number of nitrogens with zero attached hydrogens (tertiary/aromatic N) is 1. The van der Waals surface area contributed by atoms with Crippen LogP contribution >= 0.6 is 11.8 Å². The first-order valence-corrected chi connectivity index (χ1v) is 11.4. The molecule has 2 N–H and O–H groups in total. The number of rotatable bonds is 3. The summed E-state index contributed by atoms with van der Waals surface area (Å²) in [7, 11) is 0. The number of halogens is 3. The Morgan fingerprint density at radius 3 is 2.45 bits per heavy atom. The second-order valence-electron chi connectivity index (χ2n) is 7.91. The fourth-order valence-corrected chi connectivity index (χ4v) is 5.04. The second-order valence-corrected chi connectivity index (χ2v) is 8.88. The van der Waals surface area contributed by atoms with Gasteiger partial charge in [-0.25, -0.2) is 4.99 Å². The Morgan fingerprint density at radius 1 is 1.03 bits per heavy atom. The average Bonchev–Trinajstić information content (AvgIpc) is 2.97. The molecular weight excluding hydrogens is 423 g/mol. The van der Waals surface area contributed by atoms with Crippen LogP contribution in [0.4, 0.5) is 24.5 Å². The minimum Gasteiger partial charge on any atom is -0.361 e. The number of aliphatic imine (C=N–C) groups is 1. The molecule has 0 bridgehead atoms. The highest BCUT2D eigenvalue weighted by molar-refractivity contribution is 8.15. The van der Waals surface area contributed by atoms with E-state index in [-0.39, 0.29) is 17.1 Å². The van der Waals surface area contributed by atoms with E-state index >= 15 is 0 Å². The van der Waals surface area contributed by atoms with Crippen LogP contribution < -0.4 is 10.6 Å². The lowest BCUT2D eigenvalue weighted by Crippen LogP contribution is -2.40. The van der Waals surface area contributed by atoms with Gasteiger partial charge in [0.1, 0.15) is 10.7 Å². The number of para-hydroxylation sites is 2. The van der Waals surface area contributed by atoms with Crippen LogP contribution in [0.2, 0.25) is 0 Å². The van der Waals surface area contributed by atoms with Crippen molar-refractivity contribution in [2.45, 2.75) is 50.4 Å². The topological polar surface area (TPSA) is 53.5 Å². The molecule has 1 fully saturated rings. The van der Waals surface area contributed by atoms with Crippen LogP contribution in [-0.4, -0.2) is 22.4 Å². The Bertz CT molecular complexity index is 982. The molecule has 0 atom stereocenters. The molecular formula is C23H24F3N3OS. The highest BCUT2D eigenvalue weighted by atomic mass is 32.2. The molecule has 2 aliphatic rings. The number of benzene rings is 2. The highest BCUT2D eigenvalue weighted by Crippen LogP contribution is 2.39. The quantitative estimate of drug-likeness (QED) is 0.581. The van der Waals surface area contributed by atoms with Gasteiger partial charge in [0.25, 0.3) is 0 Å². The van der Waals surface area contributed by atoms with Crippen LogP contribution in [0.25, 0.3) is 0 Å². The Kier molecular flexibility index (Phi) is 6.27. The van der Waals surface area contributed by atoms with E-state index in [0.717, 1.165) is 48.0 Å². The zero-order chi connectivity index (χ0) is 21.9. The maximum atomic E-state index is 13.2. The summed E-state index contributed by atoms with van der Waals surface area (Å²) in [6.45, 7) is 0. The van der Waals surface area contributed by atoms with Crippen LogP contribution in [0.15, 0.2) is 53.5 Å². The minimum absolute atomic E-state index is 0.0184. The van der Waals surface area contributed by atoms with Gasteiger partial charge < -0.3 is 10.6 Å². The summed E-state index contributed by atoms with van der Waals surface area (Å²) < 4.78 is 39.6. The third-order valence-corrected chi connectivity index (χ3v) is 6.61. The zero-order valence-electron chi connectivity index (χ0n) is 17.0. The van der Waals surface area contributed by atoms with Crippen molar-refractivity contribution in [3.8, 4) is 0 Å². The van der Waals surface area contributed by atoms with E-state index < -0.39 is 17.6 Å². The van der Waals surface area contributed by atoms with Gasteiger partial charge in [-0.15, -0.1) is 0 Å². The number of hydrogen-bond acceptors (Lipinski definition) is 4. The summed E-state index contributed by atoms with van der Waals surface area (Å²) in [6.07, 6.45) is 1.87. The van der Waals surface area contributed by atoms with Gasteiger partial charge in [-0.3, -0.25) is 4.79 Å². The van der Waals surface area contributed by atoms with Crippen molar-refractivity contribution in [1.29, 1.82) is 0 Å². The van der Waals surface area contributed by atoms with E-state index in [4.69, 9.17) is 4.99 Å². The van der Waals surface area contributed by atoms with Gasteiger partial charge in [0, 0.05) is 11.3 Å². The average molecular weight is 448 g/mol. The van der Waals surface area contributed by atoms with E-state index in [1.807, 2.05) is 24.3 Å². The largest absolute Gasteiger partial charge is 0.418 e. The minimum atomic E-state index is -4.53. The first-order chi connectivity index (χ1) is 14.9. The molecule has 164 valence electrons. The summed E-state index contributed by atoms with van der Waals surface area (Å²) in [5.41, 5.74) is 0.464. The molecule has 8 heteroatoms. The second kappa shape index (κ2) is 8.94. The van der Waals surface area contributed by atoms with Gasteiger partial charge in [-0.1, -0.05) is 54.9 Å². The molecule has 2 aromatic rings. The Morgan fingerprint density at radius 2 is 1.71 bits per heavy atom. The predicted molar refractivity (Wildman–Crippen MR) is 120 cm³/mol. The third-order valence-electron chi connectivity index (χ3n) is 5.62. The molecule has 0 aromatic heterocycles. The van der Waals surface area contributed by atoms with Crippen molar-refractivity contribution in [2.24, 2.45) is 4.99 Å². The van der Waals surface area contributed by atoms with Crippen LogP contribution in [0, 0.1) is 0 Å². The molecule has 1 amide bonds. The molecule has 0 unspecified atom stereocenters. The van der Waals surface area contributed by atoms with Crippen molar-refractivity contribution in [3.63, 3.8) is 0 Å². The van der Waals surface area contributed by atoms with Crippen molar-refractivity contribution >= 4 is 34.1 Å². The lowest BCUT2D eigenvalue weighted by Gasteiger charge is -2.36. The number of carbonyl (C=O) groups is 1. The van der Waals surface area contributed by atoms with Crippen LogP contribution in [-0.2, 0) is 11.0 Å².